The summed E-state index contributed by atoms with van der Waals surface area (Å²) < 4.78 is 0. The van der Waals surface area contributed by atoms with Gasteiger partial charge in [0.15, 0.2) is 11.0 Å². The van der Waals surface area contributed by atoms with Crippen LogP contribution in [0, 0.1) is 68.7 Å². The zero-order valence-corrected chi connectivity index (χ0v) is 66.0. The maximum absolute atomic E-state index is 10.9. The summed E-state index contributed by atoms with van der Waals surface area (Å²) in [4.78, 5) is 74.4. The van der Waals surface area contributed by atoms with E-state index in [1.165, 1.54) is 46.8 Å². The molecule has 0 saturated heterocycles. The number of rotatable bonds is 8. The summed E-state index contributed by atoms with van der Waals surface area (Å²) in [6.07, 6.45) is 2.87. The maximum Gasteiger partial charge on any atom is 0.319 e. The van der Waals surface area contributed by atoms with Crippen LogP contribution in [0.2, 0.25) is 10.0 Å². The summed E-state index contributed by atoms with van der Waals surface area (Å²) in [5, 5.41) is 22.6. The van der Waals surface area contributed by atoms with E-state index in [1.807, 2.05) is 143 Å². The van der Waals surface area contributed by atoms with E-state index in [0.717, 1.165) is 123 Å². The molecule has 0 radical (unpaired) electrons. The zero-order valence-electron chi connectivity index (χ0n) is 64.4. The topological polar surface area (TPSA) is 397 Å². The molecular formula is C91H76Cl2N20O4. The average molecular weight is 1580 g/mol. The Morgan fingerprint density at radius 1 is 0.265 bits per heavy atom. The number of nitro groups is 2. The minimum Gasteiger partial charge on any atom is -0.399 e. The molecule has 0 bridgehead atoms. The van der Waals surface area contributed by atoms with Crippen molar-refractivity contribution in [2.45, 2.75) is 48.5 Å². The molecule has 0 unspecified atom stereocenters. The Bertz CT molecular complexity index is 6780. The molecule has 12 aromatic carbocycles. The van der Waals surface area contributed by atoms with Crippen LogP contribution in [0.1, 0.15) is 39.6 Å². The van der Waals surface area contributed by atoms with Crippen LogP contribution >= 0.6 is 23.2 Å². The van der Waals surface area contributed by atoms with Gasteiger partial charge in [-0.25, -0.2) is 54.8 Å². The van der Waals surface area contributed by atoms with E-state index < -0.39 is 9.85 Å². The number of nitrogens with zero attached hydrogens (tertiary/aromatic N) is 14. The number of anilines is 6. The van der Waals surface area contributed by atoms with E-state index in [4.69, 9.17) is 77.5 Å². The number of halogens is 2. The Hall–Kier alpha value is -15.1. The summed E-state index contributed by atoms with van der Waals surface area (Å²) in [6.45, 7) is 13.6. The molecular weight excluding hydrogens is 1510 g/mol. The molecule has 6 heterocycles. The first-order valence-corrected chi connectivity index (χ1v) is 37.4. The highest BCUT2D eigenvalue weighted by atomic mass is 35.5. The third kappa shape index (κ3) is 18.8. The fourth-order valence-corrected chi connectivity index (χ4v) is 12.9. The van der Waals surface area contributed by atoms with Gasteiger partial charge in [0, 0.05) is 63.0 Å². The molecule has 117 heavy (non-hydrogen) atoms. The molecule has 578 valence electrons. The Morgan fingerprint density at radius 3 is 1.03 bits per heavy atom. The molecule has 0 aliphatic heterocycles. The SMILES string of the molecule is Cc1ccc(-c2nc3cc(N)ccc3nc2-c2ccccc2)cc1.Cc1ccc(-c2nc3cc(N)ccc3nc2C)cc1.Cc1nc2ccc(N)c([N+](=O)[O-])c2nc1C.Cc1nc2ccc(N)cc2nc1-c1ccc(-c2ccccc2)cc1.Cc1nc2ccc(N)cc2nc1-c1ccc(Cl)c(Cl)c1.Nc1ccc2nccnc2c1[N+](=O)[O-]. The lowest BCUT2D eigenvalue weighted by Gasteiger charge is -2.11. The van der Waals surface area contributed by atoms with Gasteiger partial charge in [0.1, 0.15) is 11.4 Å². The molecule has 0 spiro atoms. The molecule has 0 aliphatic carbocycles. The summed E-state index contributed by atoms with van der Waals surface area (Å²) in [5.41, 5.74) is 63.5. The molecule has 0 saturated carbocycles. The van der Waals surface area contributed by atoms with Crippen LogP contribution in [-0.2, 0) is 0 Å². The highest BCUT2D eigenvalue weighted by Gasteiger charge is 2.22. The molecule has 24 nitrogen and oxygen atoms in total. The highest BCUT2D eigenvalue weighted by molar-refractivity contribution is 6.42. The first-order valence-electron chi connectivity index (χ1n) is 36.6. The van der Waals surface area contributed by atoms with Crippen molar-refractivity contribution in [3.8, 4) is 67.4 Å². The average Bonchev–Trinajstić information content (AvgIpc) is 0.759. The van der Waals surface area contributed by atoms with Crippen molar-refractivity contribution in [1.29, 1.82) is 0 Å². The molecule has 12 N–H and O–H groups in total. The van der Waals surface area contributed by atoms with Crippen molar-refractivity contribution < 1.29 is 9.85 Å². The standard InChI is InChI=1S/2C21H17N3.C16H15N3.C15H11Cl2N3.C10H10N4O2.C8H6N4O2/c1-14-21(24-20-13-18(22)11-12-19(20)23-14)17-9-7-16(8-10-17)15-5-3-2-4-6-15;1-14-7-9-16(10-8-14)21-20(15-5-3-2-4-6-15)23-18-12-11-17(22)13-19(18)24-21;1-10-3-5-12(6-4-10)16-11(2)18-14-8-7-13(17)9-15(14)19-16;1-8-15(9-2-4-11(16)12(17)6-9)20-14-7-10(18)3-5-13(14)19-8;1-5-6(2)13-9-8(12-5)4-3-7(11)10(9)14(15)16;9-5-1-2-6-7(8(5)12(13)14)11-4-3-10-6/h2*2-13H,22H2,1H3;3-9H,17H2,1-2H3;2-7H,18H2,1H3;3-4H,11H2,1-2H3;1-4H,9H2. The molecule has 18 aromatic rings. The van der Waals surface area contributed by atoms with E-state index in [0.29, 0.717) is 49.5 Å². The minimum atomic E-state index is -0.549. The second-order valence-corrected chi connectivity index (χ2v) is 28.1. The van der Waals surface area contributed by atoms with Gasteiger partial charge < -0.3 is 34.4 Å². The summed E-state index contributed by atoms with van der Waals surface area (Å²) in [5.74, 6) is 0. The normalized spacial score (nSPS) is 10.8. The van der Waals surface area contributed by atoms with E-state index in [-0.39, 0.29) is 33.8 Å². The van der Waals surface area contributed by atoms with E-state index in [2.05, 4.69) is 151 Å². The lowest BCUT2D eigenvalue weighted by atomic mass is 10.0. The Morgan fingerprint density at radius 2 is 0.581 bits per heavy atom. The number of aromatic nitrogens is 12. The van der Waals surface area contributed by atoms with Crippen LogP contribution in [0.25, 0.3) is 134 Å². The minimum absolute atomic E-state index is 0.100. The van der Waals surface area contributed by atoms with E-state index >= 15 is 0 Å². The monoisotopic (exact) mass is 1580 g/mol. The number of hydrogen-bond acceptors (Lipinski definition) is 22. The fraction of sp³-hybridized carbons (Fsp3) is 0.0769. The zero-order chi connectivity index (χ0) is 82.7. The summed E-state index contributed by atoms with van der Waals surface area (Å²) in [6, 6.07) is 79.6. The van der Waals surface area contributed by atoms with Gasteiger partial charge in [-0.2, -0.15) is 0 Å². The van der Waals surface area contributed by atoms with Gasteiger partial charge >= 0.3 is 11.4 Å². The van der Waals surface area contributed by atoms with Gasteiger partial charge in [-0.1, -0.05) is 174 Å². The molecule has 0 atom stereocenters. The molecule has 0 amide bonds. The number of benzene rings is 12. The first-order chi connectivity index (χ1) is 56.3. The van der Waals surface area contributed by atoms with E-state index in [1.54, 1.807) is 31.2 Å². The second kappa shape index (κ2) is 35.3. The second-order valence-electron chi connectivity index (χ2n) is 27.3. The number of aryl methyl sites for hydroxylation is 7. The summed E-state index contributed by atoms with van der Waals surface area (Å²) >= 11 is 12.0. The van der Waals surface area contributed by atoms with Gasteiger partial charge in [-0.3, -0.25) is 25.2 Å². The van der Waals surface area contributed by atoms with E-state index in [9.17, 15) is 20.2 Å². The number of fused-ring (bicyclic) bond motifs is 6. The maximum atomic E-state index is 10.9. The van der Waals surface area contributed by atoms with Gasteiger partial charge in [0.2, 0.25) is 0 Å². The van der Waals surface area contributed by atoms with Crippen LogP contribution in [0.5, 0.6) is 0 Å². The molecule has 26 heteroatoms. The predicted molar refractivity (Wildman–Crippen MR) is 473 cm³/mol. The van der Waals surface area contributed by atoms with Crippen molar-refractivity contribution >= 4 is 135 Å². The number of nitro benzene ring substituents is 2. The molecule has 0 fully saturated rings. The quantitative estimate of drug-likeness (QED) is 0.0467. The predicted octanol–water partition coefficient (Wildman–Crippen LogP) is 20.6. The van der Waals surface area contributed by atoms with Crippen molar-refractivity contribution in [2.75, 3.05) is 34.4 Å². The molecule has 0 aliphatic rings. The van der Waals surface area contributed by atoms with Crippen LogP contribution in [-0.4, -0.2) is 69.7 Å². The van der Waals surface area contributed by atoms with Crippen molar-refractivity contribution in [3.05, 3.63) is 331 Å². The van der Waals surface area contributed by atoms with Crippen LogP contribution in [0.15, 0.2) is 261 Å². The number of hydrogen-bond donors (Lipinski definition) is 6. The Labute approximate surface area is 681 Å². The van der Waals surface area contributed by atoms with Crippen molar-refractivity contribution in [3.63, 3.8) is 0 Å². The largest absolute Gasteiger partial charge is 0.399 e. The van der Waals surface area contributed by atoms with Gasteiger partial charge in [-0.15, -0.1) is 0 Å². The number of nitrogens with two attached hydrogens (primary N) is 6. The van der Waals surface area contributed by atoms with Gasteiger partial charge in [0.05, 0.1) is 132 Å². The van der Waals surface area contributed by atoms with Crippen LogP contribution in [0.4, 0.5) is 45.5 Å². The lowest BCUT2D eigenvalue weighted by molar-refractivity contribution is -0.382. The number of nitrogen functional groups attached to an aromatic ring is 6. The Kier molecular flexibility index (Phi) is 24.1. The molecule has 18 rings (SSSR count). The molecule has 6 aromatic heterocycles. The van der Waals surface area contributed by atoms with Gasteiger partial charge in [0.25, 0.3) is 0 Å². The third-order valence-corrected chi connectivity index (χ3v) is 19.4. The third-order valence-electron chi connectivity index (χ3n) is 18.7. The first kappa shape index (κ1) is 79.9. The smallest absolute Gasteiger partial charge is 0.319 e. The Balaban J connectivity index is 0.000000123. The highest BCUT2D eigenvalue weighted by Crippen LogP contribution is 2.36. The van der Waals surface area contributed by atoms with Crippen LogP contribution in [0.3, 0.4) is 0 Å². The van der Waals surface area contributed by atoms with Crippen molar-refractivity contribution in [2.24, 2.45) is 0 Å². The van der Waals surface area contributed by atoms with Crippen molar-refractivity contribution in [1.82, 2.24) is 59.8 Å². The van der Waals surface area contributed by atoms with Gasteiger partial charge in [-0.05, 0) is 169 Å². The van der Waals surface area contributed by atoms with Crippen LogP contribution < -0.4 is 34.4 Å². The summed E-state index contributed by atoms with van der Waals surface area (Å²) in [7, 11) is 0. The lowest BCUT2D eigenvalue weighted by Crippen LogP contribution is -2.01. The fourth-order valence-electron chi connectivity index (χ4n) is 12.6.